The fourth-order valence-corrected chi connectivity index (χ4v) is 4.88. The van der Waals surface area contributed by atoms with Crippen LogP contribution in [0.1, 0.15) is 24.3 Å². The lowest BCUT2D eigenvalue weighted by Gasteiger charge is -2.23. The third-order valence-electron chi connectivity index (χ3n) is 5.97. The van der Waals surface area contributed by atoms with E-state index in [1.165, 1.54) is 23.5 Å². The molecule has 186 valence electrons. The summed E-state index contributed by atoms with van der Waals surface area (Å²) in [4.78, 5) is 10.8. The molecule has 4 N–H and O–H groups in total. The SMILES string of the molecule is N=C(N)N1CCC[C@H]1Cc1nc(-c2ccc(Nc3nc(-c4ccc(C(F)(F)F)cc4)cs3)cc2)no1. The molecule has 2 aromatic carbocycles. The highest BCUT2D eigenvalue weighted by Crippen LogP contribution is 2.32. The molecule has 36 heavy (non-hydrogen) atoms. The van der Waals surface area contributed by atoms with Gasteiger partial charge in [-0.05, 0) is 49.2 Å². The maximum atomic E-state index is 12.8. The summed E-state index contributed by atoms with van der Waals surface area (Å²) in [7, 11) is 0. The van der Waals surface area contributed by atoms with Gasteiger partial charge in [0.25, 0.3) is 0 Å². The molecular weight excluding hydrogens is 491 g/mol. The first-order chi connectivity index (χ1) is 17.3. The van der Waals surface area contributed by atoms with Crippen molar-refractivity contribution in [3.8, 4) is 22.6 Å². The van der Waals surface area contributed by atoms with Gasteiger partial charge in [0.1, 0.15) is 0 Å². The molecule has 0 amide bonds. The third kappa shape index (κ3) is 5.18. The average molecular weight is 514 g/mol. The number of benzene rings is 2. The Morgan fingerprint density at radius 3 is 2.53 bits per heavy atom. The van der Waals surface area contributed by atoms with Gasteiger partial charge in [0.2, 0.25) is 11.7 Å². The highest BCUT2D eigenvalue weighted by molar-refractivity contribution is 7.14. The van der Waals surface area contributed by atoms with Gasteiger partial charge in [-0.25, -0.2) is 4.98 Å². The van der Waals surface area contributed by atoms with E-state index in [1.54, 1.807) is 5.38 Å². The van der Waals surface area contributed by atoms with Gasteiger partial charge in [-0.2, -0.15) is 18.2 Å². The number of rotatable bonds is 6. The van der Waals surface area contributed by atoms with E-state index in [-0.39, 0.29) is 12.0 Å². The number of nitrogens with two attached hydrogens (primary N) is 1. The first kappa shape index (κ1) is 23.8. The van der Waals surface area contributed by atoms with Crippen molar-refractivity contribution in [1.82, 2.24) is 20.0 Å². The summed E-state index contributed by atoms with van der Waals surface area (Å²) >= 11 is 1.36. The summed E-state index contributed by atoms with van der Waals surface area (Å²) in [5.41, 5.74) is 7.75. The smallest absolute Gasteiger partial charge is 0.370 e. The Hall–Kier alpha value is -3.93. The minimum atomic E-state index is -4.37. The van der Waals surface area contributed by atoms with Crippen LogP contribution in [0.2, 0.25) is 0 Å². The summed E-state index contributed by atoms with van der Waals surface area (Å²) in [5.74, 6) is 1.04. The molecule has 1 aliphatic rings. The molecule has 5 rings (SSSR count). The Morgan fingerprint density at radius 1 is 1.11 bits per heavy atom. The van der Waals surface area contributed by atoms with E-state index in [4.69, 9.17) is 15.7 Å². The quantitative estimate of drug-likeness (QED) is 0.229. The number of nitrogens with zero attached hydrogens (tertiary/aromatic N) is 4. The maximum Gasteiger partial charge on any atom is 0.416 e. The first-order valence-electron chi connectivity index (χ1n) is 11.2. The average Bonchev–Trinajstić information content (AvgIpc) is 3.61. The third-order valence-corrected chi connectivity index (χ3v) is 6.73. The predicted octanol–water partition coefficient (Wildman–Crippen LogP) is 5.52. The van der Waals surface area contributed by atoms with E-state index in [2.05, 4.69) is 20.4 Å². The van der Waals surface area contributed by atoms with Crippen LogP contribution in [0.15, 0.2) is 58.4 Å². The number of halogens is 3. The van der Waals surface area contributed by atoms with E-state index >= 15 is 0 Å². The van der Waals surface area contributed by atoms with Gasteiger partial charge >= 0.3 is 6.18 Å². The zero-order valence-corrected chi connectivity index (χ0v) is 19.7. The van der Waals surface area contributed by atoms with Crippen LogP contribution >= 0.6 is 11.3 Å². The maximum absolute atomic E-state index is 12.8. The van der Waals surface area contributed by atoms with Crippen LogP contribution in [0.5, 0.6) is 0 Å². The molecule has 12 heteroatoms. The van der Waals surface area contributed by atoms with Crippen molar-refractivity contribution in [1.29, 1.82) is 5.41 Å². The Morgan fingerprint density at radius 2 is 1.83 bits per heavy atom. The summed E-state index contributed by atoms with van der Waals surface area (Å²) in [6, 6.07) is 12.5. The summed E-state index contributed by atoms with van der Waals surface area (Å²) in [5, 5.41) is 17.4. The number of guanidine groups is 1. The van der Waals surface area contributed by atoms with Crippen LogP contribution in [-0.2, 0) is 12.6 Å². The molecule has 3 heterocycles. The number of hydrogen-bond acceptors (Lipinski definition) is 7. The Bertz CT molecular complexity index is 1350. The Kier molecular flexibility index (Phi) is 6.35. The predicted molar refractivity (Wildman–Crippen MR) is 131 cm³/mol. The molecular formula is C24H22F3N7OS. The van der Waals surface area contributed by atoms with Gasteiger partial charge in [-0.15, -0.1) is 11.3 Å². The largest absolute Gasteiger partial charge is 0.416 e. The van der Waals surface area contributed by atoms with Gasteiger partial charge in [-0.1, -0.05) is 17.3 Å². The monoisotopic (exact) mass is 513 g/mol. The molecule has 1 aliphatic heterocycles. The van der Waals surface area contributed by atoms with Crippen LogP contribution < -0.4 is 11.1 Å². The molecule has 0 bridgehead atoms. The number of aromatic nitrogens is 3. The number of nitrogens with one attached hydrogen (secondary N) is 2. The molecule has 0 aliphatic carbocycles. The van der Waals surface area contributed by atoms with Crippen molar-refractivity contribution in [2.75, 3.05) is 11.9 Å². The van der Waals surface area contributed by atoms with Crippen LogP contribution in [0.4, 0.5) is 24.0 Å². The van der Waals surface area contributed by atoms with E-state index < -0.39 is 11.7 Å². The van der Waals surface area contributed by atoms with E-state index in [9.17, 15) is 13.2 Å². The van der Waals surface area contributed by atoms with Crippen molar-refractivity contribution >= 4 is 28.1 Å². The van der Waals surface area contributed by atoms with Crippen molar-refractivity contribution in [2.45, 2.75) is 31.5 Å². The van der Waals surface area contributed by atoms with Gasteiger partial charge in [-0.3, -0.25) is 5.41 Å². The molecule has 1 saturated heterocycles. The minimum Gasteiger partial charge on any atom is -0.370 e. The van der Waals surface area contributed by atoms with Gasteiger partial charge < -0.3 is 20.5 Å². The summed E-state index contributed by atoms with van der Waals surface area (Å²) in [6.07, 6.45) is -1.92. The van der Waals surface area contributed by atoms with Gasteiger partial charge in [0, 0.05) is 41.2 Å². The number of anilines is 2. The number of thiazole rings is 1. The van der Waals surface area contributed by atoms with Gasteiger partial charge in [0.15, 0.2) is 11.1 Å². The highest BCUT2D eigenvalue weighted by Gasteiger charge is 2.30. The van der Waals surface area contributed by atoms with E-state index in [1.807, 2.05) is 29.2 Å². The van der Waals surface area contributed by atoms with Crippen LogP contribution in [0, 0.1) is 5.41 Å². The zero-order chi connectivity index (χ0) is 25.3. The second-order valence-corrected chi connectivity index (χ2v) is 9.26. The second-order valence-electron chi connectivity index (χ2n) is 8.41. The van der Waals surface area contributed by atoms with Crippen molar-refractivity contribution in [3.63, 3.8) is 0 Å². The van der Waals surface area contributed by atoms with Gasteiger partial charge in [0.05, 0.1) is 11.3 Å². The molecule has 0 saturated carbocycles. The molecule has 0 spiro atoms. The second kappa shape index (κ2) is 9.61. The highest BCUT2D eigenvalue weighted by atomic mass is 32.1. The van der Waals surface area contributed by atoms with Crippen LogP contribution in [-0.4, -0.2) is 38.6 Å². The molecule has 1 fully saturated rings. The summed E-state index contributed by atoms with van der Waals surface area (Å²) < 4.78 is 43.8. The van der Waals surface area contributed by atoms with Crippen molar-refractivity contribution < 1.29 is 17.7 Å². The van der Waals surface area contributed by atoms with Crippen molar-refractivity contribution in [2.24, 2.45) is 5.73 Å². The lowest BCUT2D eigenvalue weighted by atomic mass is 10.1. The molecule has 0 unspecified atom stereocenters. The minimum absolute atomic E-state index is 0.0621. The normalized spacial score (nSPS) is 15.9. The molecule has 8 nitrogen and oxygen atoms in total. The van der Waals surface area contributed by atoms with Crippen molar-refractivity contribution in [3.05, 3.63) is 65.4 Å². The Labute approximate surface area is 208 Å². The standard InChI is InChI=1S/C24H22F3N7OS/c25-24(26,27)16-7-3-14(4-8-16)19-13-36-23(31-19)30-17-9-5-15(6-10-17)21-32-20(35-33-21)12-18-2-1-11-34(18)22(28)29/h3-10,13,18H,1-2,11-12H2,(H3,28,29)(H,30,31)/t18-/m0/s1. The lowest BCUT2D eigenvalue weighted by molar-refractivity contribution is -0.137. The molecule has 4 aromatic rings. The van der Waals surface area contributed by atoms with Crippen LogP contribution in [0.3, 0.4) is 0 Å². The van der Waals surface area contributed by atoms with E-state index in [0.717, 1.165) is 42.8 Å². The number of alkyl halides is 3. The first-order valence-corrected chi connectivity index (χ1v) is 12.1. The summed E-state index contributed by atoms with van der Waals surface area (Å²) in [6.45, 7) is 0.764. The van der Waals surface area contributed by atoms with Crippen LogP contribution in [0.25, 0.3) is 22.6 Å². The topological polar surface area (TPSA) is 117 Å². The number of likely N-dealkylation sites (tertiary alicyclic amines) is 1. The molecule has 0 radical (unpaired) electrons. The molecule has 2 aromatic heterocycles. The Balaban J connectivity index is 1.22. The zero-order valence-electron chi connectivity index (χ0n) is 18.9. The lowest BCUT2D eigenvalue weighted by Crippen LogP contribution is -2.41. The van der Waals surface area contributed by atoms with E-state index in [0.29, 0.717) is 34.5 Å². The fraction of sp³-hybridized carbons (Fsp3) is 0.250. The fourth-order valence-electron chi connectivity index (χ4n) is 4.14. The molecule has 1 atom stereocenters. The number of hydrogen-bond donors (Lipinski definition) is 3.